The predicted octanol–water partition coefficient (Wildman–Crippen LogP) is 1.15. The number of rotatable bonds is 2. The highest BCUT2D eigenvalue weighted by atomic mass is 16.5. The fraction of sp³-hybridized carbons (Fsp3) is 0.111. The first-order valence-corrected chi connectivity index (χ1v) is 3.76. The average molecular weight is 192 g/mol. The van der Waals surface area contributed by atoms with Gasteiger partial charge in [-0.05, 0) is 24.3 Å². The van der Waals surface area contributed by atoms with Gasteiger partial charge in [0, 0.05) is 0 Å². The molecule has 1 aromatic carbocycles. The number of anilines is 1. The zero-order valence-electron chi connectivity index (χ0n) is 7.47. The quantitative estimate of drug-likeness (QED) is 0.329. The predicted molar refractivity (Wildman–Crippen MR) is 47.7 cm³/mol. The molecule has 0 radical (unpaired) electrons. The first-order chi connectivity index (χ1) is 6.69. The van der Waals surface area contributed by atoms with Gasteiger partial charge in [0.1, 0.15) is 0 Å². The molecular formula is C9H8N2O3. The third-order valence-corrected chi connectivity index (χ3v) is 1.63. The van der Waals surface area contributed by atoms with Gasteiger partial charge >= 0.3 is 5.97 Å². The van der Waals surface area contributed by atoms with E-state index in [2.05, 4.69) is 4.74 Å². The lowest BCUT2D eigenvalue weighted by atomic mass is 10.2. The molecule has 0 spiro atoms. The third kappa shape index (κ3) is 2.00. The SMILES string of the molecule is COC(=O)c1ccc(N(O)C#N)cc1. The maximum atomic E-state index is 11.0. The number of hydrogen-bond donors (Lipinski definition) is 1. The van der Waals surface area contributed by atoms with Crippen LogP contribution in [-0.2, 0) is 4.74 Å². The Morgan fingerprint density at radius 1 is 1.50 bits per heavy atom. The molecule has 0 aliphatic heterocycles. The molecule has 0 atom stereocenters. The van der Waals surface area contributed by atoms with Crippen molar-refractivity contribution < 1.29 is 14.7 Å². The summed E-state index contributed by atoms with van der Waals surface area (Å²) < 4.78 is 4.48. The number of benzene rings is 1. The molecule has 5 heteroatoms. The Labute approximate surface area is 80.7 Å². The van der Waals surface area contributed by atoms with E-state index >= 15 is 0 Å². The van der Waals surface area contributed by atoms with Crippen LogP contribution >= 0.6 is 0 Å². The summed E-state index contributed by atoms with van der Waals surface area (Å²) in [6.45, 7) is 0. The number of nitriles is 1. The van der Waals surface area contributed by atoms with Crippen molar-refractivity contribution in [3.8, 4) is 6.19 Å². The van der Waals surface area contributed by atoms with E-state index in [0.29, 0.717) is 16.3 Å². The van der Waals surface area contributed by atoms with E-state index in [1.54, 1.807) is 0 Å². The van der Waals surface area contributed by atoms with Gasteiger partial charge in [0.15, 0.2) is 0 Å². The molecule has 0 aliphatic rings. The van der Waals surface area contributed by atoms with E-state index < -0.39 is 5.97 Å². The number of ether oxygens (including phenoxy) is 1. The van der Waals surface area contributed by atoms with Crippen LogP contribution in [0, 0.1) is 11.5 Å². The normalized spacial score (nSPS) is 8.93. The highest BCUT2D eigenvalue weighted by molar-refractivity contribution is 5.89. The molecule has 0 bridgehead atoms. The Balaban J connectivity index is 2.90. The smallest absolute Gasteiger partial charge is 0.337 e. The molecule has 0 amide bonds. The van der Waals surface area contributed by atoms with E-state index in [4.69, 9.17) is 10.5 Å². The molecule has 0 heterocycles. The minimum atomic E-state index is -0.460. The third-order valence-electron chi connectivity index (χ3n) is 1.63. The molecule has 0 saturated carbocycles. The van der Waals surface area contributed by atoms with E-state index in [-0.39, 0.29) is 0 Å². The fourth-order valence-electron chi connectivity index (χ4n) is 0.914. The second kappa shape index (κ2) is 4.25. The Hall–Kier alpha value is -2.06. The fourth-order valence-corrected chi connectivity index (χ4v) is 0.914. The number of nitrogens with zero attached hydrogens (tertiary/aromatic N) is 2. The maximum absolute atomic E-state index is 11.0. The van der Waals surface area contributed by atoms with Gasteiger partial charge in [0.2, 0.25) is 6.19 Å². The first-order valence-electron chi connectivity index (χ1n) is 3.76. The van der Waals surface area contributed by atoms with Crippen molar-refractivity contribution >= 4 is 11.7 Å². The lowest BCUT2D eigenvalue weighted by molar-refractivity contribution is 0.0600. The van der Waals surface area contributed by atoms with Gasteiger partial charge in [-0.3, -0.25) is 5.21 Å². The molecule has 1 rings (SSSR count). The van der Waals surface area contributed by atoms with Gasteiger partial charge in [-0.2, -0.15) is 10.3 Å². The topological polar surface area (TPSA) is 73.6 Å². The number of hydrogen-bond acceptors (Lipinski definition) is 5. The van der Waals surface area contributed by atoms with Crippen LogP contribution in [0.25, 0.3) is 0 Å². The first kappa shape index (κ1) is 10.0. The van der Waals surface area contributed by atoms with Crippen molar-refractivity contribution in [2.75, 3.05) is 12.2 Å². The zero-order chi connectivity index (χ0) is 10.6. The molecule has 1 N–H and O–H groups in total. The standard InChI is InChI=1S/C9H8N2O3/c1-14-9(12)7-2-4-8(5-3-7)11(13)6-10/h2-5,13H,1H3. The van der Waals surface area contributed by atoms with Crippen molar-refractivity contribution in [3.63, 3.8) is 0 Å². The van der Waals surface area contributed by atoms with Crippen molar-refractivity contribution in [2.45, 2.75) is 0 Å². The maximum Gasteiger partial charge on any atom is 0.337 e. The molecule has 0 aromatic heterocycles. The Morgan fingerprint density at radius 2 is 2.07 bits per heavy atom. The van der Waals surface area contributed by atoms with Crippen molar-refractivity contribution in [1.29, 1.82) is 5.26 Å². The molecule has 5 nitrogen and oxygen atoms in total. The summed E-state index contributed by atoms with van der Waals surface area (Å²) in [6, 6.07) is 5.80. The second-order valence-corrected chi connectivity index (χ2v) is 2.45. The lowest BCUT2D eigenvalue weighted by Crippen LogP contribution is -2.09. The van der Waals surface area contributed by atoms with Crippen LogP contribution in [0.15, 0.2) is 24.3 Å². The van der Waals surface area contributed by atoms with Crippen molar-refractivity contribution in [3.05, 3.63) is 29.8 Å². The minimum Gasteiger partial charge on any atom is -0.465 e. The average Bonchev–Trinajstić information content (AvgIpc) is 2.27. The largest absolute Gasteiger partial charge is 0.465 e. The highest BCUT2D eigenvalue weighted by Gasteiger charge is 2.06. The molecule has 0 aliphatic carbocycles. The number of esters is 1. The van der Waals surface area contributed by atoms with Crippen molar-refractivity contribution in [1.82, 2.24) is 0 Å². The summed E-state index contributed by atoms with van der Waals surface area (Å²) in [7, 11) is 1.28. The summed E-state index contributed by atoms with van der Waals surface area (Å²) >= 11 is 0. The summed E-state index contributed by atoms with van der Waals surface area (Å²) in [4.78, 5) is 11.0. The van der Waals surface area contributed by atoms with E-state index in [1.165, 1.54) is 37.6 Å². The van der Waals surface area contributed by atoms with Gasteiger partial charge in [-0.1, -0.05) is 0 Å². The molecule has 1 aromatic rings. The van der Waals surface area contributed by atoms with Gasteiger partial charge in [-0.25, -0.2) is 4.79 Å². The summed E-state index contributed by atoms with van der Waals surface area (Å²) in [6.07, 6.45) is 1.52. The van der Waals surface area contributed by atoms with Crippen LogP contribution in [-0.4, -0.2) is 18.3 Å². The molecule has 14 heavy (non-hydrogen) atoms. The van der Waals surface area contributed by atoms with Crippen LogP contribution in [0.2, 0.25) is 0 Å². The number of carbonyl (C=O) groups is 1. The van der Waals surface area contributed by atoms with E-state index in [0.717, 1.165) is 0 Å². The lowest BCUT2D eigenvalue weighted by Gasteiger charge is -2.06. The van der Waals surface area contributed by atoms with Gasteiger partial charge < -0.3 is 4.74 Å². The van der Waals surface area contributed by atoms with Crippen LogP contribution < -0.4 is 5.06 Å². The second-order valence-electron chi connectivity index (χ2n) is 2.45. The molecule has 0 fully saturated rings. The van der Waals surface area contributed by atoms with E-state index in [9.17, 15) is 4.79 Å². The molecule has 72 valence electrons. The van der Waals surface area contributed by atoms with Gasteiger partial charge in [0.25, 0.3) is 0 Å². The van der Waals surface area contributed by atoms with Crippen molar-refractivity contribution in [2.24, 2.45) is 0 Å². The Morgan fingerprint density at radius 3 is 2.50 bits per heavy atom. The zero-order valence-corrected chi connectivity index (χ0v) is 7.47. The molecular weight excluding hydrogens is 184 g/mol. The van der Waals surface area contributed by atoms with Gasteiger partial charge in [0.05, 0.1) is 18.4 Å². The molecule has 0 saturated heterocycles. The van der Waals surface area contributed by atoms with Crippen LogP contribution in [0.1, 0.15) is 10.4 Å². The number of methoxy groups -OCH3 is 1. The van der Waals surface area contributed by atoms with Crippen LogP contribution in [0.3, 0.4) is 0 Å². The van der Waals surface area contributed by atoms with Gasteiger partial charge in [-0.15, -0.1) is 0 Å². The Bertz CT molecular complexity index is 367. The summed E-state index contributed by atoms with van der Waals surface area (Å²) in [5.41, 5.74) is 0.655. The van der Waals surface area contributed by atoms with Crippen LogP contribution in [0.5, 0.6) is 0 Å². The van der Waals surface area contributed by atoms with E-state index in [1.807, 2.05) is 0 Å². The van der Waals surface area contributed by atoms with Crippen LogP contribution in [0.4, 0.5) is 5.69 Å². The summed E-state index contributed by atoms with van der Waals surface area (Å²) in [5.74, 6) is -0.460. The summed E-state index contributed by atoms with van der Waals surface area (Å²) in [5, 5.41) is 17.7. The highest BCUT2D eigenvalue weighted by Crippen LogP contribution is 2.13. The minimum absolute atomic E-state index is 0.292. The monoisotopic (exact) mass is 192 g/mol. The number of hydroxylamine groups is 1. The molecule has 0 unspecified atom stereocenters. The Kier molecular flexibility index (Phi) is 3.05. The number of carbonyl (C=O) groups excluding carboxylic acids is 1.